The summed E-state index contributed by atoms with van der Waals surface area (Å²) in [6, 6.07) is 7.56. The number of anilines is 1. The minimum Gasteiger partial charge on any atom is -0.344 e. The molecule has 1 aromatic heterocycles. The second-order valence-corrected chi connectivity index (χ2v) is 6.71. The first kappa shape index (κ1) is 19.4. The van der Waals surface area contributed by atoms with E-state index in [9.17, 15) is 9.59 Å². The molecule has 0 saturated carbocycles. The third kappa shape index (κ3) is 4.36. The number of hydrogen-bond donors (Lipinski definition) is 2. The summed E-state index contributed by atoms with van der Waals surface area (Å²) in [5.41, 5.74) is 7.75. The number of halogens is 1. The van der Waals surface area contributed by atoms with E-state index in [1.807, 2.05) is 31.2 Å². The van der Waals surface area contributed by atoms with Crippen molar-refractivity contribution in [3.05, 3.63) is 45.9 Å². The summed E-state index contributed by atoms with van der Waals surface area (Å²) in [6.45, 7) is 3.00. The molecule has 1 aliphatic rings. The maximum atomic E-state index is 12.3. The first-order chi connectivity index (χ1) is 11.6. The molecule has 25 heavy (non-hydrogen) atoms. The molecule has 1 aromatic carbocycles. The third-order valence-corrected chi connectivity index (χ3v) is 4.93. The van der Waals surface area contributed by atoms with Crippen molar-refractivity contribution in [2.24, 2.45) is 5.73 Å². The fourth-order valence-corrected chi connectivity index (χ4v) is 3.40. The zero-order valence-corrected chi connectivity index (χ0v) is 15.5. The molecule has 1 saturated heterocycles. The standard InChI is InChI=1S/C17H20N4O2S.ClH/c1-11(19-17(23)14-10-24-15(9-18)20-14)12-4-2-5-13(8-12)21-7-3-6-16(21)22;/h2,4-5,8,10-11H,3,6-7,9,18H2,1H3,(H,19,23);1H. The van der Waals surface area contributed by atoms with Crippen LogP contribution in [0.2, 0.25) is 0 Å². The highest BCUT2D eigenvalue weighted by Crippen LogP contribution is 2.25. The normalized spacial score (nSPS) is 15.0. The highest BCUT2D eigenvalue weighted by molar-refractivity contribution is 7.09. The number of benzene rings is 1. The van der Waals surface area contributed by atoms with Crippen molar-refractivity contribution in [2.75, 3.05) is 11.4 Å². The smallest absolute Gasteiger partial charge is 0.271 e. The van der Waals surface area contributed by atoms with E-state index in [1.54, 1.807) is 10.3 Å². The summed E-state index contributed by atoms with van der Waals surface area (Å²) < 4.78 is 0. The number of rotatable bonds is 5. The minimum absolute atomic E-state index is 0. The van der Waals surface area contributed by atoms with Gasteiger partial charge in [-0.25, -0.2) is 4.98 Å². The molecule has 2 heterocycles. The number of nitrogens with zero attached hydrogens (tertiary/aromatic N) is 2. The Labute approximate surface area is 156 Å². The summed E-state index contributed by atoms with van der Waals surface area (Å²) in [7, 11) is 0. The zero-order valence-electron chi connectivity index (χ0n) is 13.9. The van der Waals surface area contributed by atoms with Crippen molar-refractivity contribution in [3.63, 3.8) is 0 Å². The van der Waals surface area contributed by atoms with E-state index in [0.29, 0.717) is 18.7 Å². The number of aromatic nitrogens is 1. The summed E-state index contributed by atoms with van der Waals surface area (Å²) in [6.07, 6.45) is 1.49. The maximum absolute atomic E-state index is 12.3. The Balaban J connectivity index is 0.00000225. The van der Waals surface area contributed by atoms with Crippen LogP contribution >= 0.6 is 23.7 Å². The van der Waals surface area contributed by atoms with Gasteiger partial charge in [0.2, 0.25) is 5.91 Å². The average Bonchev–Trinajstić information content (AvgIpc) is 3.23. The van der Waals surface area contributed by atoms with Crippen LogP contribution in [-0.2, 0) is 11.3 Å². The fraction of sp³-hybridized carbons (Fsp3) is 0.353. The van der Waals surface area contributed by atoms with Crippen molar-refractivity contribution in [1.82, 2.24) is 10.3 Å². The van der Waals surface area contributed by atoms with Crippen molar-refractivity contribution >= 4 is 41.2 Å². The van der Waals surface area contributed by atoms with Gasteiger partial charge in [-0.05, 0) is 31.0 Å². The molecule has 1 unspecified atom stereocenters. The van der Waals surface area contributed by atoms with Crippen molar-refractivity contribution in [1.29, 1.82) is 0 Å². The summed E-state index contributed by atoms with van der Waals surface area (Å²) in [5, 5.41) is 5.39. The zero-order chi connectivity index (χ0) is 17.1. The Morgan fingerprint density at radius 3 is 2.92 bits per heavy atom. The van der Waals surface area contributed by atoms with E-state index in [2.05, 4.69) is 10.3 Å². The molecule has 0 radical (unpaired) electrons. The summed E-state index contributed by atoms with van der Waals surface area (Å²) in [5.74, 6) is -0.0678. The Morgan fingerprint density at radius 2 is 2.28 bits per heavy atom. The molecule has 0 spiro atoms. The van der Waals surface area contributed by atoms with Gasteiger partial charge in [0.15, 0.2) is 0 Å². The van der Waals surface area contributed by atoms with Crippen molar-refractivity contribution < 1.29 is 9.59 Å². The molecule has 3 N–H and O–H groups in total. The van der Waals surface area contributed by atoms with Gasteiger partial charge < -0.3 is 16.0 Å². The Kier molecular flexibility index (Phi) is 6.52. The molecule has 6 nitrogen and oxygen atoms in total. The van der Waals surface area contributed by atoms with Gasteiger partial charge in [-0.1, -0.05) is 12.1 Å². The molecular weight excluding hydrogens is 360 g/mol. The van der Waals surface area contributed by atoms with Crippen LogP contribution in [0.25, 0.3) is 0 Å². The van der Waals surface area contributed by atoms with Crippen LogP contribution in [0.1, 0.15) is 46.9 Å². The van der Waals surface area contributed by atoms with Crippen LogP contribution in [0.5, 0.6) is 0 Å². The number of nitrogens with one attached hydrogen (secondary N) is 1. The lowest BCUT2D eigenvalue weighted by Gasteiger charge is -2.19. The first-order valence-electron chi connectivity index (χ1n) is 7.94. The van der Waals surface area contributed by atoms with Crippen LogP contribution in [-0.4, -0.2) is 23.3 Å². The van der Waals surface area contributed by atoms with Gasteiger partial charge >= 0.3 is 0 Å². The maximum Gasteiger partial charge on any atom is 0.271 e. The number of thiazole rings is 1. The summed E-state index contributed by atoms with van der Waals surface area (Å²) in [4.78, 5) is 30.2. The molecule has 8 heteroatoms. The molecule has 0 bridgehead atoms. The van der Waals surface area contributed by atoms with Gasteiger partial charge in [-0.3, -0.25) is 9.59 Å². The van der Waals surface area contributed by atoms with E-state index in [1.165, 1.54) is 11.3 Å². The van der Waals surface area contributed by atoms with E-state index >= 15 is 0 Å². The Hall–Kier alpha value is -1.96. The number of carbonyl (C=O) groups excluding carboxylic acids is 2. The molecule has 1 atom stereocenters. The lowest BCUT2D eigenvalue weighted by Crippen LogP contribution is -2.28. The Morgan fingerprint density at radius 1 is 1.48 bits per heavy atom. The highest BCUT2D eigenvalue weighted by atomic mass is 35.5. The van der Waals surface area contributed by atoms with Crippen LogP contribution in [0.3, 0.4) is 0 Å². The van der Waals surface area contributed by atoms with Crippen LogP contribution in [0.4, 0.5) is 5.69 Å². The predicted molar refractivity (Wildman–Crippen MR) is 101 cm³/mol. The van der Waals surface area contributed by atoms with E-state index in [-0.39, 0.29) is 30.3 Å². The van der Waals surface area contributed by atoms with Crippen LogP contribution in [0, 0.1) is 0 Å². The van der Waals surface area contributed by atoms with E-state index in [0.717, 1.165) is 29.2 Å². The second-order valence-electron chi connectivity index (χ2n) is 5.77. The molecule has 2 aromatic rings. The van der Waals surface area contributed by atoms with Gasteiger partial charge in [-0.2, -0.15) is 0 Å². The van der Waals surface area contributed by atoms with Gasteiger partial charge in [0, 0.05) is 30.6 Å². The lowest BCUT2D eigenvalue weighted by atomic mass is 10.1. The number of carbonyl (C=O) groups is 2. The number of amides is 2. The summed E-state index contributed by atoms with van der Waals surface area (Å²) >= 11 is 1.38. The molecule has 3 rings (SSSR count). The van der Waals surface area contributed by atoms with Crippen LogP contribution < -0.4 is 16.0 Å². The van der Waals surface area contributed by atoms with Gasteiger partial charge in [0.05, 0.1) is 6.04 Å². The molecule has 134 valence electrons. The van der Waals surface area contributed by atoms with Gasteiger partial charge in [-0.15, -0.1) is 23.7 Å². The van der Waals surface area contributed by atoms with Gasteiger partial charge in [0.25, 0.3) is 5.91 Å². The molecule has 2 amide bonds. The third-order valence-electron chi connectivity index (χ3n) is 4.06. The van der Waals surface area contributed by atoms with E-state index < -0.39 is 0 Å². The fourth-order valence-electron chi connectivity index (χ4n) is 2.75. The topological polar surface area (TPSA) is 88.3 Å². The SMILES string of the molecule is CC(NC(=O)c1csc(CN)n1)c1cccc(N2CCCC2=O)c1.Cl. The lowest BCUT2D eigenvalue weighted by molar-refractivity contribution is -0.117. The average molecular weight is 381 g/mol. The highest BCUT2D eigenvalue weighted by Gasteiger charge is 2.22. The molecule has 1 aliphatic heterocycles. The second kappa shape index (κ2) is 8.42. The Bertz CT molecular complexity index is 765. The quantitative estimate of drug-likeness (QED) is 0.834. The van der Waals surface area contributed by atoms with Gasteiger partial charge in [0.1, 0.15) is 10.7 Å². The number of nitrogens with two attached hydrogens (primary N) is 1. The first-order valence-corrected chi connectivity index (χ1v) is 8.82. The van der Waals surface area contributed by atoms with Crippen molar-refractivity contribution in [3.8, 4) is 0 Å². The molecule has 1 fully saturated rings. The van der Waals surface area contributed by atoms with E-state index in [4.69, 9.17) is 5.73 Å². The molecule has 0 aliphatic carbocycles. The number of hydrogen-bond acceptors (Lipinski definition) is 5. The van der Waals surface area contributed by atoms with Crippen molar-refractivity contribution in [2.45, 2.75) is 32.4 Å². The minimum atomic E-state index is -0.221. The van der Waals surface area contributed by atoms with Crippen LogP contribution in [0.15, 0.2) is 29.6 Å². The predicted octanol–water partition coefficient (Wildman–Crippen LogP) is 2.64. The molecular formula is C17H21ClN4O2S. The largest absolute Gasteiger partial charge is 0.344 e. The monoisotopic (exact) mass is 380 g/mol.